The molecule has 1 N–H and O–H groups in total. The number of amides is 1. The molecule has 0 bridgehead atoms. The Morgan fingerprint density at radius 1 is 1.24 bits per heavy atom. The van der Waals surface area contributed by atoms with E-state index in [9.17, 15) is 13.2 Å². The molecule has 3 rings (SSSR count). The maximum absolute atomic E-state index is 12.6. The molecular formula is C22H29N3O3S. The summed E-state index contributed by atoms with van der Waals surface area (Å²) in [6.07, 6.45) is 3.79. The van der Waals surface area contributed by atoms with Crippen molar-refractivity contribution in [1.29, 1.82) is 0 Å². The third-order valence-electron chi connectivity index (χ3n) is 5.15. The lowest BCUT2D eigenvalue weighted by Gasteiger charge is -2.15. The van der Waals surface area contributed by atoms with E-state index in [1.54, 1.807) is 10.8 Å². The Bertz CT molecular complexity index is 1060. The van der Waals surface area contributed by atoms with Gasteiger partial charge in [-0.2, -0.15) is 5.10 Å². The van der Waals surface area contributed by atoms with Crippen LogP contribution >= 0.6 is 0 Å². The van der Waals surface area contributed by atoms with Gasteiger partial charge in [0.05, 0.1) is 23.2 Å². The number of sulfone groups is 1. The minimum atomic E-state index is -3.06. The summed E-state index contributed by atoms with van der Waals surface area (Å²) in [5, 5.41) is 7.53. The van der Waals surface area contributed by atoms with E-state index in [1.807, 2.05) is 52.8 Å². The zero-order valence-electron chi connectivity index (χ0n) is 17.7. The van der Waals surface area contributed by atoms with Gasteiger partial charge in [0.15, 0.2) is 9.84 Å². The Balaban J connectivity index is 1.84. The third-order valence-corrected chi connectivity index (χ3v) is 6.90. The van der Waals surface area contributed by atoms with Crippen LogP contribution in [-0.4, -0.2) is 35.6 Å². The molecule has 1 atom stereocenters. The number of benzene rings is 1. The molecule has 2 aromatic rings. The lowest BCUT2D eigenvalue weighted by Crippen LogP contribution is -2.19. The van der Waals surface area contributed by atoms with Crippen LogP contribution in [0.15, 0.2) is 30.3 Å². The highest BCUT2D eigenvalue weighted by Gasteiger charge is 2.32. The smallest absolute Gasteiger partial charge is 0.249 e. The summed E-state index contributed by atoms with van der Waals surface area (Å²) in [6.45, 7) is 10.2. The topological polar surface area (TPSA) is 81.1 Å². The van der Waals surface area contributed by atoms with Gasteiger partial charge in [-0.3, -0.25) is 4.79 Å². The highest BCUT2D eigenvalue weighted by Crippen LogP contribution is 2.30. The summed E-state index contributed by atoms with van der Waals surface area (Å²) in [4.78, 5) is 12.6. The summed E-state index contributed by atoms with van der Waals surface area (Å²) >= 11 is 0. The first kappa shape index (κ1) is 21.3. The molecular weight excluding hydrogens is 386 g/mol. The SMILES string of the molecule is Cc1ccc(/C=C/C(=O)Nc2cc(C(C)(C)C)nn2[C@@H]2CCS(=O)(=O)C2)c(C)c1. The van der Waals surface area contributed by atoms with Crippen molar-refractivity contribution in [3.8, 4) is 0 Å². The predicted molar refractivity (Wildman–Crippen MR) is 117 cm³/mol. The fourth-order valence-corrected chi connectivity index (χ4v) is 5.14. The Kier molecular flexibility index (Phi) is 5.72. The van der Waals surface area contributed by atoms with E-state index in [2.05, 4.69) is 16.5 Å². The van der Waals surface area contributed by atoms with E-state index in [0.29, 0.717) is 12.2 Å². The van der Waals surface area contributed by atoms with Gasteiger partial charge in [0.25, 0.3) is 0 Å². The first-order valence-electron chi connectivity index (χ1n) is 9.81. The Hall–Kier alpha value is -2.41. The molecule has 2 heterocycles. The zero-order chi connectivity index (χ0) is 21.4. The van der Waals surface area contributed by atoms with Crippen molar-refractivity contribution < 1.29 is 13.2 Å². The number of nitrogens with one attached hydrogen (secondary N) is 1. The van der Waals surface area contributed by atoms with Crippen LogP contribution in [0.2, 0.25) is 0 Å². The molecule has 0 spiro atoms. The average Bonchev–Trinajstić information content (AvgIpc) is 3.17. The summed E-state index contributed by atoms with van der Waals surface area (Å²) in [5.41, 5.74) is 3.86. The van der Waals surface area contributed by atoms with Crippen molar-refractivity contribution in [3.05, 3.63) is 52.7 Å². The summed E-state index contributed by atoms with van der Waals surface area (Å²) in [6, 6.07) is 7.65. The van der Waals surface area contributed by atoms with Crippen molar-refractivity contribution >= 4 is 27.6 Å². The number of carbonyl (C=O) groups is 1. The Morgan fingerprint density at radius 2 is 1.97 bits per heavy atom. The van der Waals surface area contributed by atoms with Gasteiger partial charge in [0.2, 0.25) is 5.91 Å². The Morgan fingerprint density at radius 3 is 2.55 bits per heavy atom. The second-order valence-corrected chi connectivity index (χ2v) is 11.1. The standard InChI is InChI=1S/C22H29N3O3S/c1-15-6-7-17(16(2)12-15)8-9-21(26)23-20-13-19(22(3,4)5)24-25(20)18-10-11-29(27,28)14-18/h6-9,12-13,18H,10-11,14H2,1-5H3,(H,23,26)/b9-8+/t18-/m1/s1. The van der Waals surface area contributed by atoms with E-state index >= 15 is 0 Å². The Labute approximate surface area is 172 Å². The molecule has 1 amide bonds. The molecule has 6 nitrogen and oxygen atoms in total. The van der Waals surface area contributed by atoms with Crippen LogP contribution in [-0.2, 0) is 20.0 Å². The number of hydrogen-bond acceptors (Lipinski definition) is 4. The van der Waals surface area contributed by atoms with Crippen LogP contribution in [0, 0.1) is 13.8 Å². The minimum Gasteiger partial charge on any atom is -0.307 e. The van der Waals surface area contributed by atoms with E-state index in [-0.39, 0.29) is 28.9 Å². The molecule has 0 radical (unpaired) electrons. The normalized spacial score (nSPS) is 19.0. The van der Waals surface area contributed by atoms with Gasteiger partial charge in [-0.1, -0.05) is 44.5 Å². The first-order valence-corrected chi connectivity index (χ1v) is 11.6. The van der Waals surface area contributed by atoms with Gasteiger partial charge in [-0.05, 0) is 37.5 Å². The molecule has 156 valence electrons. The monoisotopic (exact) mass is 415 g/mol. The molecule has 29 heavy (non-hydrogen) atoms. The minimum absolute atomic E-state index is 0.0551. The fraction of sp³-hybridized carbons (Fsp3) is 0.455. The number of carbonyl (C=O) groups excluding carboxylic acids is 1. The largest absolute Gasteiger partial charge is 0.307 e. The molecule has 1 aliphatic heterocycles. The van der Waals surface area contributed by atoms with Gasteiger partial charge in [-0.25, -0.2) is 13.1 Å². The van der Waals surface area contributed by atoms with E-state index < -0.39 is 9.84 Å². The van der Waals surface area contributed by atoms with E-state index in [1.165, 1.54) is 11.6 Å². The molecule has 0 saturated carbocycles. The number of anilines is 1. The van der Waals surface area contributed by atoms with E-state index in [4.69, 9.17) is 0 Å². The van der Waals surface area contributed by atoms with Crippen LogP contribution in [0.3, 0.4) is 0 Å². The van der Waals surface area contributed by atoms with Crippen LogP contribution in [0.1, 0.15) is 55.6 Å². The molecule has 1 fully saturated rings. The highest BCUT2D eigenvalue weighted by atomic mass is 32.2. The maximum atomic E-state index is 12.6. The number of aryl methyl sites for hydroxylation is 2. The lowest BCUT2D eigenvalue weighted by molar-refractivity contribution is -0.111. The molecule has 1 aromatic heterocycles. The van der Waals surface area contributed by atoms with Crippen molar-refractivity contribution in [2.75, 3.05) is 16.8 Å². The fourth-order valence-electron chi connectivity index (χ4n) is 3.45. The molecule has 0 aliphatic carbocycles. The van der Waals surface area contributed by atoms with Gasteiger partial charge in [0, 0.05) is 17.6 Å². The predicted octanol–water partition coefficient (Wildman–Crippen LogP) is 3.81. The number of aromatic nitrogens is 2. The van der Waals surface area contributed by atoms with Gasteiger partial charge < -0.3 is 5.32 Å². The second kappa shape index (κ2) is 7.78. The zero-order valence-corrected chi connectivity index (χ0v) is 18.5. The van der Waals surface area contributed by atoms with Crippen molar-refractivity contribution in [2.45, 2.75) is 52.5 Å². The van der Waals surface area contributed by atoms with Crippen LogP contribution in [0.25, 0.3) is 6.08 Å². The molecule has 1 aromatic carbocycles. The van der Waals surface area contributed by atoms with Gasteiger partial charge in [0.1, 0.15) is 5.82 Å². The summed E-state index contributed by atoms with van der Waals surface area (Å²) < 4.78 is 25.5. The highest BCUT2D eigenvalue weighted by molar-refractivity contribution is 7.91. The number of hydrogen-bond donors (Lipinski definition) is 1. The van der Waals surface area contributed by atoms with Crippen LogP contribution in [0.5, 0.6) is 0 Å². The van der Waals surface area contributed by atoms with Crippen molar-refractivity contribution in [2.24, 2.45) is 0 Å². The second-order valence-electron chi connectivity index (χ2n) is 8.85. The molecule has 1 saturated heterocycles. The molecule has 7 heteroatoms. The summed E-state index contributed by atoms with van der Waals surface area (Å²) in [7, 11) is -3.06. The average molecular weight is 416 g/mol. The molecule has 1 aliphatic rings. The summed E-state index contributed by atoms with van der Waals surface area (Å²) in [5.74, 6) is 0.474. The van der Waals surface area contributed by atoms with Gasteiger partial charge >= 0.3 is 0 Å². The van der Waals surface area contributed by atoms with Crippen molar-refractivity contribution in [3.63, 3.8) is 0 Å². The van der Waals surface area contributed by atoms with Gasteiger partial charge in [-0.15, -0.1) is 0 Å². The molecule has 0 unspecified atom stereocenters. The third kappa shape index (κ3) is 5.15. The first-order chi connectivity index (χ1) is 13.4. The number of nitrogens with zero attached hydrogens (tertiary/aromatic N) is 2. The quantitative estimate of drug-likeness (QED) is 0.770. The number of rotatable bonds is 4. The maximum Gasteiger partial charge on any atom is 0.249 e. The van der Waals surface area contributed by atoms with Crippen molar-refractivity contribution in [1.82, 2.24) is 9.78 Å². The lowest BCUT2D eigenvalue weighted by atomic mass is 9.92. The van der Waals surface area contributed by atoms with E-state index in [0.717, 1.165) is 16.8 Å². The van der Waals surface area contributed by atoms with Crippen LogP contribution < -0.4 is 5.32 Å². The van der Waals surface area contributed by atoms with Crippen LogP contribution in [0.4, 0.5) is 5.82 Å².